The summed E-state index contributed by atoms with van der Waals surface area (Å²) < 4.78 is 76.5. The molecule has 0 heterocycles. The zero-order valence-electron chi connectivity index (χ0n) is 12.2. The highest BCUT2D eigenvalue weighted by Crippen LogP contribution is 2.36. The van der Waals surface area contributed by atoms with Crippen molar-refractivity contribution in [3.8, 4) is 0 Å². The lowest BCUT2D eigenvalue weighted by molar-refractivity contribution is -0.144. The molecular weight excluding hydrogens is 408 g/mol. The molecule has 0 aliphatic carbocycles. The Labute approximate surface area is 141 Å². The third kappa shape index (κ3) is 4.71. The number of nitrogens with zero attached hydrogens (tertiary/aromatic N) is 1. The van der Waals surface area contributed by atoms with Gasteiger partial charge >= 0.3 is 18.3 Å². The molecule has 10 heteroatoms. The molecule has 1 N–H and O–H groups in total. The fourth-order valence-electron chi connectivity index (χ4n) is 1.74. The average Bonchev–Trinajstić information content (AvgIpc) is 2.46. The summed E-state index contributed by atoms with van der Waals surface area (Å²) in [5, 5.41) is 9.02. The first kappa shape index (κ1) is 20.5. The predicted octanol–water partition coefficient (Wildman–Crippen LogP) is 4.77. The number of rotatable bonds is 5. The van der Waals surface area contributed by atoms with Gasteiger partial charge in [0.1, 0.15) is 0 Å². The molecule has 1 aromatic rings. The maximum absolute atomic E-state index is 12.8. The fraction of sp³-hybridized carbons (Fsp3) is 0.429. The molecule has 0 fully saturated rings. The second-order valence-corrected chi connectivity index (χ2v) is 5.48. The van der Waals surface area contributed by atoms with Gasteiger partial charge in [-0.25, -0.2) is 4.79 Å². The Kier molecular flexibility index (Phi) is 6.07. The number of aliphatic carboxylic acids is 1. The summed E-state index contributed by atoms with van der Waals surface area (Å²) in [5.74, 6) is -1.35. The van der Waals surface area contributed by atoms with Crippen LogP contribution in [0.3, 0.4) is 0 Å². The van der Waals surface area contributed by atoms with Crippen LogP contribution < -0.4 is 0 Å². The van der Waals surface area contributed by atoms with Crippen LogP contribution in [0.1, 0.15) is 30.0 Å². The Morgan fingerprint density at radius 3 is 1.88 bits per heavy atom. The molecule has 24 heavy (non-hydrogen) atoms. The minimum absolute atomic E-state index is 0.00479. The number of aliphatic imine (C=N–C) groups is 1. The number of carboxylic acid groups (broad SMARTS) is 1. The zero-order chi connectivity index (χ0) is 18.8. The summed E-state index contributed by atoms with van der Waals surface area (Å²) in [5.41, 5.74) is -5.14. The molecule has 1 rings (SSSR count). The minimum Gasteiger partial charge on any atom is -0.479 e. The van der Waals surface area contributed by atoms with Crippen molar-refractivity contribution in [3.05, 3.63) is 34.9 Å². The fourth-order valence-corrected chi connectivity index (χ4v) is 2.52. The van der Waals surface area contributed by atoms with Crippen LogP contribution in [0.15, 0.2) is 23.2 Å². The first-order chi connectivity index (χ1) is 10.9. The van der Waals surface area contributed by atoms with Crippen LogP contribution >= 0.6 is 15.9 Å². The molecule has 0 bridgehead atoms. The van der Waals surface area contributed by atoms with E-state index in [1.54, 1.807) is 0 Å². The Bertz CT molecular complexity index is 603. The highest BCUT2D eigenvalue weighted by Gasteiger charge is 2.37. The normalized spacial score (nSPS) is 15.5. The van der Waals surface area contributed by atoms with Crippen molar-refractivity contribution >= 4 is 28.1 Å². The van der Waals surface area contributed by atoms with Gasteiger partial charge in [-0.1, -0.05) is 22.9 Å². The topological polar surface area (TPSA) is 49.7 Å². The van der Waals surface area contributed by atoms with E-state index in [4.69, 9.17) is 5.11 Å². The summed E-state index contributed by atoms with van der Waals surface area (Å²) in [6.45, 7) is 1.49. The van der Waals surface area contributed by atoms with Crippen molar-refractivity contribution in [2.45, 2.75) is 31.2 Å². The number of hydrogen-bond acceptors (Lipinski definition) is 2. The largest absolute Gasteiger partial charge is 0.479 e. The number of alkyl halides is 7. The average molecular weight is 420 g/mol. The van der Waals surface area contributed by atoms with E-state index in [1.807, 2.05) is 0 Å². The molecule has 0 aromatic heterocycles. The quantitative estimate of drug-likeness (QED) is 0.424. The van der Waals surface area contributed by atoms with E-state index in [9.17, 15) is 31.1 Å². The van der Waals surface area contributed by atoms with E-state index < -0.39 is 40.6 Å². The lowest BCUT2D eigenvalue weighted by atomic mass is 10.00. The smallest absolute Gasteiger partial charge is 0.416 e. The third-order valence-corrected chi connectivity index (χ3v) is 4.20. The summed E-state index contributed by atoms with van der Waals surface area (Å²) in [6.07, 6.45) is -9.25. The van der Waals surface area contributed by atoms with Crippen LogP contribution in [0.4, 0.5) is 26.3 Å². The monoisotopic (exact) mass is 419 g/mol. The Morgan fingerprint density at radius 2 is 1.58 bits per heavy atom. The Balaban J connectivity index is 3.43. The van der Waals surface area contributed by atoms with Crippen molar-refractivity contribution in [2.24, 2.45) is 4.99 Å². The van der Waals surface area contributed by atoms with Crippen LogP contribution in [0.5, 0.6) is 0 Å². The second-order valence-electron chi connectivity index (χ2n) is 4.92. The molecule has 0 aliphatic heterocycles. The van der Waals surface area contributed by atoms with E-state index in [2.05, 4.69) is 20.9 Å². The Morgan fingerprint density at radius 1 is 1.12 bits per heavy atom. The van der Waals surface area contributed by atoms with Crippen molar-refractivity contribution < 1.29 is 36.2 Å². The van der Waals surface area contributed by atoms with Gasteiger partial charge in [-0.15, -0.1) is 0 Å². The molecule has 0 amide bonds. The van der Waals surface area contributed by atoms with Gasteiger partial charge in [-0.3, -0.25) is 4.99 Å². The van der Waals surface area contributed by atoms with Crippen LogP contribution in [0.2, 0.25) is 0 Å². The molecule has 0 saturated carbocycles. The van der Waals surface area contributed by atoms with E-state index >= 15 is 0 Å². The summed E-state index contributed by atoms with van der Waals surface area (Å²) in [7, 11) is 0. The van der Waals surface area contributed by atoms with Crippen molar-refractivity contribution in [1.29, 1.82) is 0 Å². The van der Waals surface area contributed by atoms with Gasteiger partial charge in [0.25, 0.3) is 0 Å². The van der Waals surface area contributed by atoms with Gasteiger partial charge in [-0.05, 0) is 30.2 Å². The van der Waals surface area contributed by atoms with Crippen LogP contribution in [-0.4, -0.2) is 28.2 Å². The number of halogens is 7. The highest BCUT2D eigenvalue weighted by atomic mass is 79.9. The molecule has 1 aromatic carbocycles. The van der Waals surface area contributed by atoms with Gasteiger partial charge in [0.05, 0.1) is 11.1 Å². The number of hydrogen-bond donors (Lipinski definition) is 1. The summed E-state index contributed by atoms with van der Waals surface area (Å²) in [4.78, 5) is 15.0. The van der Waals surface area contributed by atoms with Crippen LogP contribution in [0.25, 0.3) is 0 Å². The molecule has 1 unspecified atom stereocenters. The van der Waals surface area contributed by atoms with Crippen molar-refractivity contribution in [2.75, 3.05) is 5.33 Å². The first-order valence-electron chi connectivity index (χ1n) is 6.50. The van der Waals surface area contributed by atoms with Gasteiger partial charge < -0.3 is 5.11 Å². The summed E-state index contributed by atoms with van der Waals surface area (Å²) in [6, 6.07) is 0.955. The highest BCUT2D eigenvalue weighted by molar-refractivity contribution is 9.09. The zero-order valence-corrected chi connectivity index (χ0v) is 13.8. The lowest BCUT2D eigenvalue weighted by Crippen LogP contribution is -2.38. The number of carbonyl (C=O) groups is 1. The van der Waals surface area contributed by atoms with E-state index in [1.165, 1.54) is 6.92 Å². The van der Waals surface area contributed by atoms with Crippen LogP contribution in [0, 0.1) is 0 Å². The van der Waals surface area contributed by atoms with Gasteiger partial charge in [-0.2, -0.15) is 26.3 Å². The molecule has 1 atom stereocenters. The minimum atomic E-state index is -4.98. The standard InChI is InChI=1S/C14H12BrF6NO2/c1-2-12(7-15,11(23)24)22-6-8-3-9(13(16,17)18)5-10(4-8)14(19,20)21/h3-6H,2,7H2,1H3,(H,23,24). The predicted molar refractivity (Wildman–Crippen MR) is 78.5 cm³/mol. The van der Waals surface area contributed by atoms with Gasteiger partial charge in [0.15, 0.2) is 5.54 Å². The van der Waals surface area contributed by atoms with Crippen molar-refractivity contribution in [3.63, 3.8) is 0 Å². The van der Waals surface area contributed by atoms with Crippen LogP contribution in [-0.2, 0) is 17.1 Å². The maximum atomic E-state index is 12.8. The van der Waals surface area contributed by atoms with Crippen molar-refractivity contribution in [1.82, 2.24) is 0 Å². The molecule has 0 saturated heterocycles. The molecular formula is C14H12BrF6NO2. The lowest BCUT2D eigenvalue weighted by Gasteiger charge is -2.20. The third-order valence-electron chi connectivity index (χ3n) is 3.27. The van der Waals surface area contributed by atoms with Gasteiger partial charge in [0.2, 0.25) is 0 Å². The number of carboxylic acids is 1. The number of benzene rings is 1. The first-order valence-corrected chi connectivity index (χ1v) is 7.62. The molecule has 0 radical (unpaired) electrons. The molecule has 3 nitrogen and oxygen atoms in total. The second kappa shape index (κ2) is 7.12. The molecule has 134 valence electrons. The van der Waals surface area contributed by atoms with E-state index in [0.717, 1.165) is 0 Å². The van der Waals surface area contributed by atoms with Gasteiger partial charge in [0, 0.05) is 11.5 Å². The Hall–Kier alpha value is -1.58. The molecule has 0 aliphatic rings. The maximum Gasteiger partial charge on any atom is 0.416 e. The summed E-state index contributed by atoms with van der Waals surface area (Å²) >= 11 is 2.95. The van der Waals surface area contributed by atoms with E-state index in [0.29, 0.717) is 18.3 Å². The molecule has 0 spiro atoms. The SMILES string of the molecule is CCC(CBr)(N=Cc1cc(C(F)(F)F)cc(C(F)(F)F)c1)C(=O)O. The van der Waals surface area contributed by atoms with E-state index in [-0.39, 0.29) is 17.8 Å².